The summed E-state index contributed by atoms with van der Waals surface area (Å²) in [5.41, 5.74) is 0.378. The van der Waals surface area contributed by atoms with E-state index in [1.165, 1.54) is 13.2 Å². The van der Waals surface area contributed by atoms with E-state index in [0.717, 1.165) is 0 Å². The number of amides is 2. The van der Waals surface area contributed by atoms with Crippen molar-refractivity contribution in [3.8, 4) is 0 Å². The molecule has 1 aliphatic rings. The van der Waals surface area contributed by atoms with Gasteiger partial charge in [0.25, 0.3) is 0 Å². The van der Waals surface area contributed by atoms with Gasteiger partial charge in [-0.15, -0.1) is 0 Å². The van der Waals surface area contributed by atoms with Crippen molar-refractivity contribution in [2.75, 3.05) is 13.7 Å². The van der Waals surface area contributed by atoms with Gasteiger partial charge >= 0.3 is 0 Å². The van der Waals surface area contributed by atoms with Crippen LogP contribution in [0.25, 0.3) is 0 Å². The molecule has 0 radical (unpaired) electrons. The number of piperidine rings is 1. The monoisotopic (exact) mass is 280 g/mol. The Bertz CT molecular complexity index is 507. The Kier molecular flexibility index (Phi) is 4.68. The predicted octanol–water partition coefficient (Wildman–Crippen LogP) is 0.908. The number of nitrogens with one attached hydrogen (secondary N) is 2. The van der Waals surface area contributed by atoms with Crippen LogP contribution in [0.2, 0.25) is 0 Å². The lowest BCUT2D eigenvalue weighted by Gasteiger charge is -2.33. The molecule has 5 nitrogen and oxygen atoms in total. The van der Waals surface area contributed by atoms with Gasteiger partial charge in [-0.2, -0.15) is 0 Å². The van der Waals surface area contributed by atoms with E-state index in [0.29, 0.717) is 18.4 Å². The highest BCUT2D eigenvalue weighted by atomic mass is 19.1. The van der Waals surface area contributed by atoms with Crippen LogP contribution in [0.1, 0.15) is 24.4 Å². The number of methoxy groups -OCH3 is 1. The minimum absolute atomic E-state index is 0.0611. The lowest BCUT2D eigenvalue weighted by atomic mass is 9.91. The first kappa shape index (κ1) is 14.5. The molecule has 2 unspecified atom stereocenters. The maximum absolute atomic E-state index is 13.9. The standard InChI is InChI=1S/C14H17FN2O3/c1-20-8-13(19)16-11-6-7-12(18)17-14(11)9-4-2-3-5-10(9)15/h2-5,11,14H,6-8H2,1H3,(H,16,19)(H,17,18). The lowest BCUT2D eigenvalue weighted by molar-refractivity contribution is -0.129. The zero-order valence-electron chi connectivity index (χ0n) is 11.2. The molecule has 0 aliphatic carbocycles. The first-order chi connectivity index (χ1) is 9.61. The van der Waals surface area contributed by atoms with Crippen molar-refractivity contribution in [3.63, 3.8) is 0 Å². The highest BCUT2D eigenvalue weighted by Gasteiger charge is 2.32. The van der Waals surface area contributed by atoms with Crippen molar-refractivity contribution in [1.82, 2.24) is 10.6 Å². The largest absolute Gasteiger partial charge is 0.375 e. The molecule has 20 heavy (non-hydrogen) atoms. The Labute approximate surface area is 116 Å². The van der Waals surface area contributed by atoms with E-state index >= 15 is 0 Å². The minimum atomic E-state index is -0.557. The van der Waals surface area contributed by atoms with Crippen molar-refractivity contribution in [3.05, 3.63) is 35.6 Å². The second-order valence-electron chi connectivity index (χ2n) is 4.71. The van der Waals surface area contributed by atoms with Crippen molar-refractivity contribution >= 4 is 11.8 Å². The van der Waals surface area contributed by atoms with Gasteiger partial charge in [0.1, 0.15) is 12.4 Å². The second-order valence-corrected chi connectivity index (χ2v) is 4.71. The van der Waals surface area contributed by atoms with Crippen molar-refractivity contribution in [1.29, 1.82) is 0 Å². The Balaban J connectivity index is 2.18. The molecule has 2 amide bonds. The number of halogens is 1. The zero-order chi connectivity index (χ0) is 14.5. The van der Waals surface area contributed by atoms with E-state index in [1.807, 2.05) is 0 Å². The van der Waals surface area contributed by atoms with Crippen molar-refractivity contribution in [2.45, 2.75) is 24.9 Å². The molecule has 0 bridgehead atoms. The summed E-state index contributed by atoms with van der Waals surface area (Å²) in [6, 6.07) is 5.34. The number of hydrogen-bond donors (Lipinski definition) is 2. The third kappa shape index (κ3) is 3.33. The molecule has 1 heterocycles. The van der Waals surface area contributed by atoms with Crippen LogP contribution >= 0.6 is 0 Å². The Morgan fingerprint density at radius 3 is 2.95 bits per heavy atom. The minimum Gasteiger partial charge on any atom is -0.375 e. The van der Waals surface area contributed by atoms with Crippen LogP contribution < -0.4 is 10.6 Å². The average Bonchev–Trinajstić information content (AvgIpc) is 2.42. The number of carbonyl (C=O) groups excluding carboxylic acids is 2. The lowest BCUT2D eigenvalue weighted by Crippen LogP contribution is -2.51. The molecule has 1 aliphatic heterocycles. The maximum atomic E-state index is 13.9. The van der Waals surface area contributed by atoms with E-state index in [1.54, 1.807) is 18.2 Å². The van der Waals surface area contributed by atoms with Crippen LogP contribution in [-0.2, 0) is 14.3 Å². The Morgan fingerprint density at radius 2 is 2.25 bits per heavy atom. The van der Waals surface area contributed by atoms with E-state index in [2.05, 4.69) is 10.6 Å². The number of rotatable bonds is 4. The molecular formula is C14H17FN2O3. The van der Waals surface area contributed by atoms with E-state index < -0.39 is 11.9 Å². The number of benzene rings is 1. The van der Waals surface area contributed by atoms with Gasteiger partial charge in [-0.05, 0) is 12.5 Å². The second kappa shape index (κ2) is 6.47. The summed E-state index contributed by atoms with van der Waals surface area (Å²) >= 11 is 0. The van der Waals surface area contributed by atoms with Gasteiger partial charge in [-0.3, -0.25) is 9.59 Å². The smallest absolute Gasteiger partial charge is 0.246 e. The SMILES string of the molecule is COCC(=O)NC1CCC(=O)NC1c1ccccc1F. The van der Waals surface area contributed by atoms with Crippen LogP contribution in [0.3, 0.4) is 0 Å². The predicted molar refractivity (Wildman–Crippen MR) is 70.3 cm³/mol. The number of carbonyl (C=O) groups is 2. The summed E-state index contributed by atoms with van der Waals surface area (Å²) in [6.07, 6.45) is 0.781. The highest BCUT2D eigenvalue weighted by Crippen LogP contribution is 2.26. The molecule has 2 atom stereocenters. The van der Waals surface area contributed by atoms with Crippen molar-refractivity contribution in [2.24, 2.45) is 0 Å². The van der Waals surface area contributed by atoms with Gasteiger partial charge in [0, 0.05) is 19.1 Å². The van der Waals surface area contributed by atoms with E-state index in [4.69, 9.17) is 4.74 Å². The third-order valence-electron chi connectivity index (χ3n) is 3.26. The average molecular weight is 280 g/mol. The van der Waals surface area contributed by atoms with Gasteiger partial charge in [-0.1, -0.05) is 18.2 Å². The number of ether oxygens (including phenoxy) is 1. The molecule has 1 saturated heterocycles. The first-order valence-corrected chi connectivity index (χ1v) is 6.44. The van der Waals surface area contributed by atoms with Crippen LogP contribution in [0.15, 0.2) is 24.3 Å². The van der Waals surface area contributed by atoms with Crippen LogP contribution in [-0.4, -0.2) is 31.6 Å². The summed E-state index contributed by atoms with van der Waals surface area (Å²) in [5, 5.41) is 5.51. The molecule has 2 rings (SSSR count). The van der Waals surface area contributed by atoms with E-state index in [-0.39, 0.29) is 24.5 Å². The molecule has 1 aromatic rings. The third-order valence-corrected chi connectivity index (χ3v) is 3.26. The zero-order valence-corrected chi connectivity index (χ0v) is 11.2. The molecule has 0 spiro atoms. The van der Waals surface area contributed by atoms with Gasteiger partial charge < -0.3 is 15.4 Å². The van der Waals surface area contributed by atoms with Gasteiger partial charge in [0.15, 0.2) is 0 Å². The summed E-state index contributed by atoms with van der Waals surface area (Å²) in [6.45, 7) is -0.0611. The summed E-state index contributed by atoms with van der Waals surface area (Å²) in [4.78, 5) is 23.2. The summed E-state index contributed by atoms with van der Waals surface area (Å²) in [7, 11) is 1.43. The van der Waals surface area contributed by atoms with E-state index in [9.17, 15) is 14.0 Å². The fourth-order valence-electron chi connectivity index (χ4n) is 2.36. The van der Waals surface area contributed by atoms with Crippen molar-refractivity contribution < 1.29 is 18.7 Å². The topological polar surface area (TPSA) is 67.4 Å². The van der Waals surface area contributed by atoms with Crippen LogP contribution in [0, 0.1) is 5.82 Å². The quantitative estimate of drug-likeness (QED) is 0.861. The summed E-state index contributed by atoms with van der Waals surface area (Å²) < 4.78 is 18.6. The fourth-order valence-corrected chi connectivity index (χ4v) is 2.36. The molecule has 1 fully saturated rings. The van der Waals surface area contributed by atoms with Gasteiger partial charge in [-0.25, -0.2) is 4.39 Å². The molecule has 1 aromatic carbocycles. The molecular weight excluding hydrogens is 263 g/mol. The Morgan fingerprint density at radius 1 is 1.50 bits per heavy atom. The normalized spacial score (nSPS) is 22.2. The van der Waals surface area contributed by atoms with Crippen LogP contribution in [0.5, 0.6) is 0 Å². The molecule has 6 heteroatoms. The molecule has 0 aromatic heterocycles. The van der Waals surface area contributed by atoms with Crippen LogP contribution in [0.4, 0.5) is 4.39 Å². The fraction of sp³-hybridized carbons (Fsp3) is 0.429. The Hall–Kier alpha value is -1.95. The number of hydrogen-bond acceptors (Lipinski definition) is 3. The van der Waals surface area contributed by atoms with Gasteiger partial charge in [0.05, 0.1) is 12.1 Å². The molecule has 108 valence electrons. The molecule has 2 N–H and O–H groups in total. The first-order valence-electron chi connectivity index (χ1n) is 6.44. The highest BCUT2D eigenvalue weighted by molar-refractivity contribution is 5.80. The van der Waals surface area contributed by atoms with Gasteiger partial charge in [0.2, 0.25) is 11.8 Å². The molecule has 0 saturated carbocycles. The maximum Gasteiger partial charge on any atom is 0.246 e. The summed E-state index contributed by atoms with van der Waals surface area (Å²) in [5.74, 6) is -0.823.